The highest BCUT2D eigenvalue weighted by Gasteiger charge is 2.21. The highest BCUT2D eigenvalue weighted by molar-refractivity contribution is 7.99. The summed E-state index contributed by atoms with van der Waals surface area (Å²) in [6.45, 7) is 4.36. The molecule has 0 aliphatic heterocycles. The molecule has 0 aromatic carbocycles. The quantitative estimate of drug-likeness (QED) is 0.625. The summed E-state index contributed by atoms with van der Waals surface area (Å²) in [7, 11) is 1.31. The molecule has 0 bridgehead atoms. The van der Waals surface area contributed by atoms with Gasteiger partial charge in [0.1, 0.15) is 12.1 Å². The summed E-state index contributed by atoms with van der Waals surface area (Å²) in [4.78, 5) is 26.7. The van der Waals surface area contributed by atoms with Gasteiger partial charge in [-0.1, -0.05) is 11.8 Å². The van der Waals surface area contributed by atoms with Gasteiger partial charge in [0.25, 0.3) is 0 Å². The van der Waals surface area contributed by atoms with Crippen molar-refractivity contribution in [2.75, 3.05) is 12.9 Å². The molecule has 1 N–H and O–H groups in total. The van der Waals surface area contributed by atoms with Gasteiger partial charge in [-0.2, -0.15) is 5.10 Å². The number of hydrogen-bond donors (Lipinski definition) is 1. The van der Waals surface area contributed by atoms with Crippen molar-refractivity contribution < 1.29 is 19.4 Å². The molecule has 21 heavy (non-hydrogen) atoms. The lowest BCUT2D eigenvalue weighted by molar-refractivity contribution is -0.141. The van der Waals surface area contributed by atoms with Crippen LogP contribution in [0.4, 0.5) is 0 Å². The molecule has 114 valence electrons. The highest BCUT2D eigenvalue weighted by Crippen LogP contribution is 2.26. The summed E-state index contributed by atoms with van der Waals surface area (Å²) in [6.07, 6.45) is 0. The number of aryl methyl sites for hydroxylation is 2. The fourth-order valence-electron chi connectivity index (χ4n) is 2.00. The monoisotopic (exact) mass is 312 g/mol. The zero-order chi connectivity index (χ0) is 15.6. The van der Waals surface area contributed by atoms with E-state index in [1.807, 2.05) is 13.8 Å². The minimum atomic E-state index is -0.939. The molecule has 0 saturated carbocycles. The topological polar surface area (TPSA) is 99.2 Å². The average Bonchev–Trinajstić information content (AvgIpc) is 2.95. The van der Waals surface area contributed by atoms with Crippen molar-refractivity contribution in [3.05, 3.63) is 5.69 Å². The number of ether oxygens (including phenoxy) is 1. The van der Waals surface area contributed by atoms with E-state index in [0.717, 1.165) is 17.5 Å². The summed E-state index contributed by atoms with van der Waals surface area (Å²) < 4.78 is 8.08. The van der Waals surface area contributed by atoms with Crippen LogP contribution >= 0.6 is 11.8 Å². The maximum atomic E-state index is 11.6. The number of carbonyl (C=O) groups excluding carboxylic acids is 1. The van der Waals surface area contributed by atoms with Gasteiger partial charge >= 0.3 is 11.9 Å². The lowest BCUT2D eigenvalue weighted by Crippen LogP contribution is -2.15. The average molecular weight is 312 g/mol. The van der Waals surface area contributed by atoms with Crippen LogP contribution in [0.2, 0.25) is 0 Å². The Morgan fingerprint density at radius 1 is 1.43 bits per heavy atom. The lowest BCUT2D eigenvalue weighted by Gasteiger charge is -2.08. The van der Waals surface area contributed by atoms with E-state index in [9.17, 15) is 9.59 Å². The molecule has 0 atom stereocenters. The first kappa shape index (κ1) is 15.4. The van der Waals surface area contributed by atoms with Crippen LogP contribution in [0.25, 0.3) is 11.2 Å². The van der Waals surface area contributed by atoms with E-state index in [1.165, 1.54) is 7.11 Å². The Bertz CT molecular complexity index is 691. The van der Waals surface area contributed by atoms with E-state index in [1.54, 1.807) is 9.25 Å². The summed E-state index contributed by atoms with van der Waals surface area (Å²) in [5, 5.41) is 13.6. The van der Waals surface area contributed by atoms with Crippen molar-refractivity contribution in [3.63, 3.8) is 0 Å². The Kier molecular flexibility index (Phi) is 4.51. The van der Waals surface area contributed by atoms with Crippen LogP contribution < -0.4 is 0 Å². The Morgan fingerprint density at radius 2 is 2.14 bits per heavy atom. The smallest absolute Gasteiger partial charge is 0.325 e. The minimum absolute atomic E-state index is 0.0277. The summed E-state index contributed by atoms with van der Waals surface area (Å²) in [6, 6.07) is 0. The number of carbonyl (C=O) groups is 2. The summed E-state index contributed by atoms with van der Waals surface area (Å²) in [5.41, 5.74) is 2.12. The van der Waals surface area contributed by atoms with Crippen molar-refractivity contribution in [2.45, 2.75) is 32.1 Å². The zero-order valence-corrected chi connectivity index (χ0v) is 12.8. The van der Waals surface area contributed by atoms with Gasteiger partial charge in [-0.25, -0.2) is 9.67 Å². The maximum absolute atomic E-state index is 11.6. The second kappa shape index (κ2) is 6.17. The molecular formula is C12H16N4O4S. The molecule has 8 nitrogen and oxygen atoms in total. The van der Waals surface area contributed by atoms with Gasteiger partial charge in [0.2, 0.25) is 0 Å². The highest BCUT2D eigenvalue weighted by atomic mass is 32.2. The summed E-state index contributed by atoms with van der Waals surface area (Å²) >= 11 is 1.07. The number of fused-ring (bicyclic) bond motifs is 1. The lowest BCUT2D eigenvalue weighted by atomic mass is 10.4. The molecule has 2 aromatic heterocycles. The van der Waals surface area contributed by atoms with Gasteiger partial charge in [0, 0.05) is 6.54 Å². The SMILES string of the molecule is CCn1nc(C)c2nc(SCC(=O)O)n(CC(=O)OC)c21. The number of thioether (sulfide) groups is 1. The van der Waals surface area contributed by atoms with Crippen LogP contribution in [0.3, 0.4) is 0 Å². The predicted molar refractivity (Wildman–Crippen MR) is 76.3 cm³/mol. The maximum Gasteiger partial charge on any atom is 0.325 e. The fraction of sp³-hybridized carbons (Fsp3) is 0.500. The number of carboxylic acids is 1. The third-order valence-corrected chi connectivity index (χ3v) is 3.86. The van der Waals surface area contributed by atoms with Crippen LogP contribution in [0, 0.1) is 6.92 Å². The molecule has 0 unspecified atom stereocenters. The number of carboxylic acid groups (broad SMARTS) is 1. The van der Waals surface area contributed by atoms with E-state index in [0.29, 0.717) is 22.9 Å². The molecule has 0 aliphatic carbocycles. The van der Waals surface area contributed by atoms with Gasteiger partial charge in [-0.15, -0.1) is 0 Å². The number of aliphatic carboxylic acids is 1. The number of esters is 1. The number of rotatable bonds is 6. The van der Waals surface area contributed by atoms with Crippen LogP contribution in [-0.2, 0) is 27.4 Å². The Hall–Kier alpha value is -2.03. The van der Waals surface area contributed by atoms with E-state index < -0.39 is 11.9 Å². The van der Waals surface area contributed by atoms with Crippen LogP contribution in [0.1, 0.15) is 12.6 Å². The molecule has 0 spiro atoms. The Morgan fingerprint density at radius 3 is 2.71 bits per heavy atom. The molecule has 2 aromatic rings. The fourth-order valence-corrected chi connectivity index (χ4v) is 2.71. The molecular weight excluding hydrogens is 296 g/mol. The van der Waals surface area contributed by atoms with E-state index in [-0.39, 0.29) is 12.3 Å². The zero-order valence-electron chi connectivity index (χ0n) is 12.0. The second-order valence-corrected chi connectivity index (χ2v) is 5.25. The molecule has 2 heterocycles. The first-order valence-corrected chi connectivity index (χ1v) is 7.31. The van der Waals surface area contributed by atoms with Crippen molar-refractivity contribution in [2.24, 2.45) is 0 Å². The molecule has 0 fully saturated rings. The number of hydrogen-bond acceptors (Lipinski definition) is 6. The van der Waals surface area contributed by atoms with E-state index in [2.05, 4.69) is 10.1 Å². The Labute approximate surface area is 125 Å². The third kappa shape index (κ3) is 3.02. The Balaban J connectivity index is 2.52. The van der Waals surface area contributed by atoms with Crippen LogP contribution in [0.15, 0.2) is 5.16 Å². The minimum Gasteiger partial charge on any atom is -0.481 e. The molecule has 0 aliphatic rings. The van der Waals surface area contributed by atoms with E-state index >= 15 is 0 Å². The van der Waals surface area contributed by atoms with Gasteiger partial charge in [0.15, 0.2) is 10.8 Å². The largest absolute Gasteiger partial charge is 0.481 e. The molecule has 0 saturated heterocycles. The second-order valence-electron chi connectivity index (χ2n) is 4.31. The number of nitrogens with zero attached hydrogens (tertiary/aromatic N) is 4. The van der Waals surface area contributed by atoms with Gasteiger partial charge in [-0.05, 0) is 13.8 Å². The van der Waals surface area contributed by atoms with Gasteiger partial charge in [0.05, 0.1) is 18.6 Å². The third-order valence-electron chi connectivity index (χ3n) is 2.90. The van der Waals surface area contributed by atoms with Crippen LogP contribution in [0.5, 0.6) is 0 Å². The number of imidazole rings is 1. The first-order valence-electron chi connectivity index (χ1n) is 6.33. The summed E-state index contributed by atoms with van der Waals surface area (Å²) in [5.74, 6) is -1.49. The molecule has 2 rings (SSSR count). The predicted octanol–water partition coefficient (Wildman–Crippen LogP) is 0.911. The number of aromatic nitrogens is 4. The van der Waals surface area contributed by atoms with E-state index in [4.69, 9.17) is 9.84 Å². The van der Waals surface area contributed by atoms with Gasteiger partial charge < -0.3 is 9.84 Å². The first-order chi connectivity index (χ1) is 9.97. The van der Waals surface area contributed by atoms with Crippen LogP contribution in [-0.4, -0.2) is 49.2 Å². The van der Waals surface area contributed by atoms with Crippen molar-refractivity contribution >= 4 is 34.9 Å². The number of methoxy groups -OCH3 is 1. The van der Waals surface area contributed by atoms with Crippen molar-refractivity contribution in [1.29, 1.82) is 0 Å². The van der Waals surface area contributed by atoms with Gasteiger partial charge in [-0.3, -0.25) is 14.2 Å². The standard InChI is InChI=1S/C12H16N4O4S/c1-4-16-11-10(7(2)14-16)13-12(21-6-8(17)18)15(11)5-9(19)20-3/h4-6H2,1-3H3,(H,17,18). The molecule has 0 radical (unpaired) electrons. The normalized spacial score (nSPS) is 11.0. The molecule has 0 amide bonds. The van der Waals surface area contributed by atoms with Crippen molar-refractivity contribution in [1.82, 2.24) is 19.3 Å². The molecule has 9 heteroatoms. The van der Waals surface area contributed by atoms with Crippen molar-refractivity contribution in [3.8, 4) is 0 Å².